The molecule has 1 nitrogen and oxygen atoms in total. The van der Waals surface area contributed by atoms with Gasteiger partial charge in [-0.25, -0.2) is 0 Å². The number of hydrogen-bond donors (Lipinski definition) is 1. The van der Waals surface area contributed by atoms with Crippen molar-refractivity contribution in [1.29, 1.82) is 0 Å². The Morgan fingerprint density at radius 2 is 1.79 bits per heavy atom. The summed E-state index contributed by atoms with van der Waals surface area (Å²) < 4.78 is 1.29. The minimum absolute atomic E-state index is 0.321. The summed E-state index contributed by atoms with van der Waals surface area (Å²) in [5.41, 5.74) is 1.19. The number of aliphatic hydroxyl groups excluding tert-OH is 1. The van der Waals surface area contributed by atoms with Crippen LogP contribution in [0.25, 0.3) is 0 Å². The van der Waals surface area contributed by atoms with Crippen LogP contribution in [0, 0.1) is 17.3 Å². The zero-order valence-corrected chi connectivity index (χ0v) is 14.1. The predicted octanol–water partition coefficient (Wildman–Crippen LogP) is 5.94. The van der Waals surface area contributed by atoms with Crippen molar-refractivity contribution in [3.8, 4) is 0 Å². The van der Waals surface area contributed by atoms with Gasteiger partial charge in [0.15, 0.2) is 0 Å². The van der Waals surface area contributed by atoms with E-state index >= 15 is 0 Å². The Morgan fingerprint density at radius 3 is 2.21 bits per heavy atom. The van der Waals surface area contributed by atoms with Crippen LogP contribution in [0.15, 0.2) is 6.07 Å². The third-order valence-corrected chi connectivity index (χ3v) is 5.96. The van der Waals surface area contributed by atoms with Crippen molar-refractivity contribution in [2.24, 2.45) is 17.3 Å². The minimum atomic E-state index is -0.461. The van der Waals surface area contributed by atoms with Gasteiger partial charge in [-0.3, -0.25) is 0 Å². The molecule has 0 bridgehead atoms. The smallest absolute Gasteiger partial charge is 0.100 e. The number of hydrogen-bond acceptors (Lipinski definition) is 2. The lowest BCUT2D eigenvalue weighted by Gasteiger charge is -2.38. The maximum absolute atomic E-state index is 10.5. The molecule has 1 aromatic heterocycles. The molecular formula is C15H22Cl2OS. The second kappa shape index (κ2) is 5.93. The van der Waals surface area contributed by atoms with E-state index in [-0.39, 0.29) is 0 Å². The summed E-state index contributed by atoms with van der Waals surface area (Å²) in [4.78, 5) is 0. The number of thiophene rings is 1. The SMILES string of the molecule is CC(C)(C)C1CCC(C(O)c2cc(Cl)sc2Cl)CC1. The van der Waals surface area contributed by atoms with Gasteiger partial charge in [0.25, 0.3) is 0 Å². The van der Waals surface area contributed by atoms with Gasteiger partial charge in [0, 0.05) is 5.56 Å². The lowest BCUT2D eigenvalue weighted by molar-refractivity contribution is 0.0531. The molecule has 1 N–H and O–H groups in total. The molecule has 0 radical (unpaired) electrons. The van der Waals surface area contributed by atoms with E-state index in [9.17, 15) is 5.11 Å². The van der Waals surface area contributed by atoms with Crippen molar-refractivity contribution in [3.63, 3.8) is 0 Å². The standard InChI is InChI=1S/C15H22Cl2OS/c1-15(2,3)10-6-4-9(5-7-10)13(18)11-8-12(16)19-14(11)17/h8-10,13,18H,4-7H2,1-3H3. The number of halogens is 2. The average Bonchev–Trinajstić information content (AvgIpc) is 2.66. The van der Waals surface area contributed by atoms with Crippen LogP contribution in [0.4, 0.5) is 0 Å². The van der Waals surface area contributed by atoms with Gasteiger partial charge in [-0.1, -0.05) is 44.0 Å². The molecule has 19 heavy (non-hydrogen) atoms. The monoisotopic (exact) mass is 320 g/mol. The molecule has 1 atom stereocenters. The topological polar surface area (TPSA) is 20.2 Å². The number of rotatable bonds is 2. The van der Waals surface area contributed by atoms with Gasteiger partial charge < -0.3 is 5.11 Å². The van der Waals surface area contributed by atoms with Crippen LogP contribution >= 0.6 is 34.5 Å². The molecule has 4 heteroatoms. The lowest BCUT2D eigenvalue weighted by atomic mass is 9.68. The van der Waals surface area contributed by atoms with E-state index in [0.717, 1.165) is 24.3 Å². The summed E-state index contributed by atoms with van der Waals surface area (Å²) in [7, 11) is 0. The third kappa shape index (κ3) is 3.66. The summed E-state index contributed by atoms with van der Waals surface area (Å²) in [6, 6.07) is 1.81. The molecule has 1 saturated carbocycles. The molecule has 1 heterocycles. The van der Waals surface area contributed by atoms with Crippen LogP contribution in [-0.4, -0.2) is 5.11 Å². The Morgan fingerprint density at radius 1 is 1.21 bits per heavy atom. The highest BCUT2D eigenvalue weighted by Gasteiger charge is 2.33. The van der Waals surface area contributed by atoms with E-state index in [4.69, 9.17) is 23.2 Å². The maximum atomic E-state index is 10.5. The molecule has 0 spiro atoms. The minimum Gasteiger partial charge on any atom is -0.388 e. The van der Waals surface area contributed by atoms with Gasteiger partial charge in [-0.15, -0.1) is 11.3 Å². The molecule has 1 fully saturated rings. The Hall–Kier alpha value is 0.240. The first kappa shape index (κ1) is 15.6. The largest absolute Gasteiger partial charge is 0.388 e. The molecule has 1 unspecified atom stereocenters. The zero-order valence-electron chi connectivity index (χ0n) is 11.7. The van der Waals surface area contributed by atoms with Crippen molar-refractivity contribution in [1.82, 2.24) is 0 Å². The quantitative estimate of drug-likeness (QED) is 0.714. The van der Waals surface area contributed by atoms with E-state index in [2.05, 4.69) is 20.8 Å². The summed E-state index contributed by atoms with van der Waals surface area (Å²) in [6.07, 6.45) is 4.08. The average molecular weight is 321 g/mol. The van der Waals surface area contributed by atoms with E-state index in [1.54, 1.807) is 0 Å². The molecule has 1 aromatic rings. The van der Waals surface area contributed by atoms with Crippen molar-refractivity contribution < 1.29 is 5.11 Å². The van der Waals surface area contributed by atoms with Gasteiger partial charge >= 0.3 is 0 Å². The third-order valence-electron chi connectivity index (χ3n) is 4.44. The lowest BCUT2D eigenvalue weighted by Crippen LogP contribution is -2.28. The Labute approximate surface area is 129 Å². The Kier molecular flexibility index (Phi) is 4.88. The van der Waals surface area contributed by atoms with Crippen LogP contribution in [0.2, 0.25) is 8.67 Å². The highest BCUT2D eigenvalue weighted by Crippen LogP contribution is 2.45. The van der Waals surface area contributed by atoms with Gasteiger partial charge in [0.05, 0.1) is 10.4 Å². The first-order chi connectivity index (χ1) is 8.79. The van der Waals surface area contributed by atoms with Gasteiger partial charge in [0.1, 0.15) is 4.34 Å². The molecule has 0 amide bonds. The van der Waals surface area contributed by atoms with Crippen molar-refractivity contribution >= 4 is 34.5 Å². The Bertz CT molecular complexity index is 428. The molecule has 2 rings (SSSR count). The maximum Gasteiger partial charge on any atom is 0.100 e. The summed E-state index contributed by atoms with van der Waals surface area (Å²) in [6.45, 7) is 6.93. The van der Waals surface area contributed by atoms with Crippen molar-refractivity contribution in [2.75, 3.05) is 0 Å². The molecule has 0 aliphatic heterocycles. The first-order valence-corrected chi connectivity index (χ1v) is 8.49. The van der Waals surface area contributed by atoms with Gasteiger partial charge in [-0.05, 0) is 49.0 Å². The fourth-order valence-electron chi connectivity index (χ4n) is 3.11. The van der Waals surface area contributed by atoms with Crippen LogP contribution in [-0.2, 0) is 0 Å². The molecule has 1 aliphatic carbocycles. The van der Waals surface area contributed by atoms with E-state index < -0.39 is 6.10 Å². The van der Waals surface area contributed by atoms with Crippen LogP contribution in [0.3, 0.4) is 0 Å². The molecule has 108 valence electrons. The molecular weight excluding hydrogens is 299 g/mol. The summed E-state index contributed by atoms with van der Waals surface area (Å²) >= 11 is 13.4. The number of aliphatic hydroxyl groups is 1. The first-order valence-electron chi connectivity index (χ1n) is 6.92. The van der Waals surface area contributed by atoms with Gasteiger partial charge in [-0.2, -0.15) is 0 Å². The zero-order chi connectivity index (χ0) is 14.2. The summed E-state index contributed by atoms with van der Waals surface area (Å²) in [5.74, 6) is 1.08. The van der Waals surface area contributed by atoms with Crippen LogP contribution in [0.5, 0.6) is 0 Å². The summed E-state index contributed by atoms with van der Waals surface area (Å²) in [5, 5.41) is 10.5. The normalized spacial score (nSPS) is 26.4. The van der Waals surface area contributed by atoms with E-state index in [1.807, 2.05) is 6.07 Å². The van der Waals surface area contributed by atoms with Crippen molar-refractivity contribution in [2.45, 2.75) is 52.6 Å². The Balaban J connectivity index is 2.00. The molecule has 0 saturated heterocycles. The molecule has 0 aromatic carbocycles. The fourth-order valence-corrected chi connectivity index (χ4v) is 4.65. The second-order valence-electron chi connectivity index (χ2n) is 6.70. The van der Waals surface area contributed by atoms with Crippen LogP contribution < -0.4 is 0 Å². The van der Waals surface area contributed by atoms with Crippen molar-refractivity contribution in [3.05, 3.63) is 20.3 Å². The fraction of sp³-hybridized carbons (Fsp3) is 0.733. The molecule has 1 aliphatic rings. The van der Waals surface area contributed by atoms with E-state index in [1.165, 1.54) is 24.2 Å². The highest BCUT2D eigenvalue weighted by atomic mass is 35.5. The highest BCUT2D eigenvalue weighted by molar-refractivity contribution is 7.20. The second-order valence-corrected chi connectivity index (χ2v) is 8.99. The van der Waals surface area contributed by atoms with Crippen LogP contribution in [0.1, 0.15) is 58.1 Å². The predicted molar refractivity (Wildman–Crippen MR) is 84.2 cm³/mol. The van der Waals surface area contributed by atoms with Gasteiger partial charge in [0.2, 0.25) is 0 Å². The van der Waals surface area contributed by atoms with E-state index in [0.29, 0.717) is 20.0 Å².